The number of hydrogen-bond acceptors (Lipinski definition) is 4. The molecular formula is C12H8BrN3S. The maximum atomic E-state index is 4.46. The molecule has 17 heavy (non-hydrogen) atoms. The Hall–Kier alpha value is -1.46. The molecule has 0 saturated carbocycles. The number of benzene rings is 1. The fourth-order valence-electron chi connectivity index (χ4n) is 1.49. The van der Waals surface area contributed by atoms with Crippen LogP contribution < -0.4 is 5.32 Å². The Labute approximate surface area is 111 Å². The van der Waals surface area contributed by atoms with Crippen LogP contribution in [0.4, 0.5) is 10.8 Å². The summed E-state index contributed by atoms with van der Waals surface area (Å²) in [6, 6.07) is 9.98. The second-order valence-corrected chi connectivity index (χ2v) is 5.44. The molecule has 3 aromatic rings. The number of nitrogens with one attached hydrogen (secondary N) is 1. The number of aromatic nitrogens is 2. The zero-order chi connectivity index (χ0) is 11.7. The average molecular weight is 306 g/mol. The molecule has 0 atom stereocenters. The molecule has 0 unspecified atom stereocenters. The summed E-state index contributed by atoms with van der Waals surface area (Å²) in [5.41, 5.74) is 1.96. The number of thiazole rings is 1. The highest BCUT2D eigenvalue weighted by Gasteiger charge is 2.03. The van der Waals surface area contributed by atoms with Crippen LogP contribution in [0.1, 0.15) is 0 Å². The molecule has 84 valence electrons. The van der Waals surface area contributed by atoms with Crippen molar-refractivity contribution in [2.75, 3.05) is 5.32 Å². The van der Waals surface area contributed by atoms with Gasteiger partial charge in [-0.3, -0.25) is 4.98 Å². The number of anilines is 2. The van der Waals surface area contributed by atoms with Crippen LogP contribution in [-0.4, -0.2) is 9.97 Å². The molecule has 0 amide bonds. The Kier molecular flexibility index (Phi) is 2.78. The van der Waals surface area contributed by atoms with Gasteiger partial charge in [0, 0.05) is 16.4 Å². The molecular weight excluding hydrogens is 298 g/mol. The molecule has 2 aromatic heterocycles. The van der Waals surface area contributed by atoms with Gasteiger partial charge >= 0.3 is 0 Å². The van der Waals surface area contributed by atoms with E-state index >= 15 is 0 Å². The fourth-order valence-corrected chi connectivity index (χ4v) is 2.61. The van der Waals surface area contributed by atoms with E-state index in [4.69, 9.17) is 0 Å². The van der Waals surface area contributed by atoms with Crippen LogP contribution in [0.15, 0.2) is 47.2 Å². The normalized spacial score (nSPS) is 10.6. The quantitative estimate of drug-likeness (QED) is 0.771. The van der Waals surface area contributed by atoms with E-state index in [0.717, 1.165) is 25.5 Å². The summed E-state index contributed by atoms with van der Waals surface area (Å²) in [5.74, 6) is 0. The topological polar surface area (TPSA) is 37.8 Å². The van der Waals surface area contributed by atoms with Crippen LogP contribution in [0, 0.1) is 0 Å². The molecule has 0 radical (unpaired) electrons. The second kappa shape index (κ2) is 4.43. The lowest BCUT2D eigenvalue weighted by molar-refractivity contribution is 1.33. The largest absolute Gasteiger partial charge is 0.332 e. The van der Waals surface area contributed by atoms with Crippen molar-refractivity contribution in [1.82, 2.24) is 9.97 Å². The lowest BCUT2D eigenvalue weighted by Gasteiger charge is -2.01. The predicted octanol–water partition coefficient (Wildman–Crippen LogP) is 4.20. The SMILES string of the molecule is Brc1ccc(Nc2nc3cnccc3s2)cc1. The number of nitrogens with zero attached hydrogens (tertiary/aromatic N) is 2. The van der Waals surface area contributed by atoms with Crippen LogP contribution >= 0.6 is 27.3 Å². The minimum atomic E-state index is 0.885. The Morgan fingerprint density at radius 2 is 1.94 bits per heavy atom. The average Bonchev–Trinajstić information content (AvgIpc) is 2.74. The summed E-state index contributed by atoms with van der Waals surface area (Å²) < 4.78 is 2.20. The fraction of sp³-hybridized carbons (Fsp3) is 0. The minimum Gasteiger partial charge on any atom is -0.332 e. The van der Waals surface area contributed by atoms with Gasteiger partial charge in [0.15, 0.2) is 5.13 Å². The van der Waals surface area contributed by atoms with Gasteiger partial charge in [0.1, 0.15) is 5.52 Å². The standard InChI is InChI=1S/C12H8BrN3S/c13-8-1-3-9(4-2-8)15-12-16-10-7-14-6-5-11(10)17-12/h1-7H,(H,15,16). The van der Waals surface area contributed by atoms with Crippen LogP contribution in [0.3, 0.4) is 0 Å². The highest BCUT2D eigenvalue weighted by molar-refractivity contribution is 9.10. The molecule has 1 aromatic carbocycles. The van der Waals surface area contributed by atoms with Crippen molar-refractivity contribution in [3.63, 3.8) is 0 Å². The van der Waals surface area contributed by atoms with Crippen LogP contribution in [0.25, 0.3) is 10.2 Å². The summed E-state index contributed by atoms with van der Waals surface area (Å²) in [6.45, 7) is 0. The van der Waals surface area contributed by atoms with E-state index in [1.54, 1.807) is 23.7 Å². The van der Waals surface area contributed by atoms with Crippen LogP contribution in [0.5, 0.6) is 0 Å². The molecule has 0 aliphatic rings. The molecule has 2 heterocycles. The first-order chi connectivity index (χ1) is 8.31. The van der Waals surface area contributed by atoms with Gasteiger partial charge in [0.25, 0.3) is 0 Å². The minimum absolute atomic E-state index is 0.885. The van der Waals surface area contributed by atoms with Gasteiger partial charge in [0.05, 0.1) is 10.9 Å². The predicted molar refractivity (Wildman–Crippen MR) is 74.8 cm³/mol. The van der Waals surface area contributed by atoms with Gasteiger partial charge < -0.3 is 5.32 Å². The smallest absolute Gasteiger partial charge is 0.188 e. The van der Waals surface area contributed by atoms with E-state index in [9.17, 15) is 0 Å². The second-order valence-electron chi connectivity index (χ2n) is 3.49. The lowest BCUT2D eigenvalue weighted by atomic mass is 10.3. The molecule has 3 rings (SSSR count). The molecule has 0 spiro atoms. The van der Waals surface area contributed by atoms with Crippen molar-refractivity contribution < 1.29 is 0 Å². The summed E-state index contributed by atoms with van der Waals surface area (Å²) in [4.78, 5) is 8.52. The Morgan fingerprint density at radius 1 is 1.12 bits per heavy atom. The highest BCUT2D eigenvalue weighted by atomic mass is 79.9. The molecule has 1 N–H and O–H groups in total. The highest BCUT2D eigenvalue weighted by Crippen LogP contribution is 2.27. The van der Waals surface area contributed by atoms with E-state index in [1.165, 1.54) is 0 Å². The van der Waals surface area contributed by atoms with Crippen molar-refractivity contribution in [3.05, 3.63) is 47.2 Å². The first kappa shape index (κ1) is 10.7. The summed E-state index contributed by atoms with van der Waals surface area (Å²) in [5, 5.41) is 4.16. The van der Waals surface area contributed by atoms with Gasteiger partial charge in [-0.25, -0.2) is 4.98 Å². The third-order valence-electron chi connectivity index (χ3n) is 2.29. The first-order valence-corrected chi connectivity index (χ1v) is 6.65. The summed E-state index contributed by atoms with van der Waals surface area (Å²) >= 11 is 5.03. The van der Waals surface area contributed by atoms with E-state index in [-0.39, 0.29) is 0 Å². The number of hydrogen-bond donors (Lipinski definition) is 1. The van der Waals surface area contributed by atoms with E-state index in [0.29, 0.717) is 0 Å². The molecule has 0 aliphatic heterocycles. The van der Waals surface area contributed by atoms with Gasteiger partial charge in [0.2, 0.25) is 0 Å². The van der Waals surface area contributed by atoms with Gasteiger partial charge in [-0.05, 0) is 30.3 Å². The van der Waals surface area contributed by atoms with Crippen LogP contribution in [-0.2, 0) is 0 Å². The molecule has 0 fully saturated rings. The lowest BCUT2D eigenvalue weighted by Crippen LogP contribution is -1.87. The summed E-state index contributed by atoms with van der Waals surface area (Å²) in [6.07, 6.45) is 3.56. The monoisotopic (exact) mass is 305 g/mol. The van der Waals surface area contributed by atoms with Crippen LogP contribution in [0.2, 0.25) is 0 Å². The third kappa shape index (κ3) is 2.30. The van der Waals surface area contributed by atoms with Gasteiger partial charge in [-0.1, -0.05) is 27.3 Å². The third-order valence-corrected chi connectivity index (χ3v) is 3.77. The number of halogens is 1. The van der Waals surface area contributed by atoms with Crippen molar-refractivity contribution in [2.45, 2.75) is 0 Å². The van der Waals surface area contributed by atoms with Crippen molar-refractivity contribution in [1.29, 1.82) is 0 Å². The van der Waals surface area contributed by atoms with E-state index in [1.807, 2.05) is 30.3 Å². The van der Waals surface area contributed by atoms with E-state index in [2.05, 4.69) is 31.2 Å². The number of pyridine rings is 1. The molecule has 0 saturated heterocycles. The zero-order valence-electron chi connectivity index (χ0n) is 8.72. The Morgan fingerprint density at radius 3 is 2.71 bits per heavy atom. The molecule has 3 nitrogen and oxygen atoms in total. The van der Waals surface area contributed by atoms with E-state index < -0.39 is 0 Å². The molecule has 0 aliphatic carbocycles. The number of fused-ring (bicyclic) bond motifs is 1. The van der Waals surface area contributed by atoms with Gasteiger partial charge in [-0.15, -0.1) is 0 Å². The molecule has 0 bridgehead atoms. The number of rotatable bonds is 2. The maximum Gasteiger partial charge on any atom is 0.188 e. The zero-order valence-corrected chi connectivity index (χ0v) is 11.1. The van der Waals surface area contributed by atoms with Crippen molar-refractivity contribution >= 4 is 48.3 Å². The Balaban J connectivity index is 1.92. The Bertz CT molecular complexity index is 615. The maximum absolute atomic E-state index is 4.46. The molecule has 5 heteroatoms. The summed E-state index contributed by atoms with van der Waals surface area (Å²) in [7, 11) is 0. The van der Waals surface area contributed by atoms with Crippen molar-refractivity contribution in [3.8, 4) is 0 Å². The van der Waals surface area contributed by atoms with Gasteiger partial charge in [-0.2, -0.15) is 0 Å². The van der Waals surface area contributed by atoms with Crippen molar-refractivity contribution in [2.24, 2.45) is 0 Å². The first-order valence-electron chi connectivity index (χ1n) is 5.04.